The summed E-state index contributed by atoms with van der Waals surface area (Å²) in [4.78, 5) is 4.99. The fourth-order valence-corrected chi connectivity index (χ4v) is 3.18. The van der Waals surface area contributed by atoms with Crippen LogP contribution in [-0.2, 0) is 0 Å². The van der Waals surface area contributed by atoms with E-state index >= 15 is 0 Å². The molecule has 2 heterocycles. The van der Waals surface area contributed by atoms with Crippen molar-refractivity contribution in [2.45, 2.75) is 32.4 Å². The molecule has 1 saturated heterocycles. The Labute approximate surface area is 124 Å². The van der Waals surface area contributed by atoms with Crippen molar-refractivity contribution in [3.8, 4) is 0 Å². The van der Waals surface area contributed by atoms with Crippen LogP contribution in [0.4, 0.5) is 0 Å². The van der Waals surface area contributed by atoms with Crippen LogP contribution < -0.4 is 5.73 Å². The largest absolute Gasteiger partial charge is 0.466 e. The van der Waals surface area contributed by atoms with E-state index in [-0.39, 0.29) is 6.04 Å². The number of halogens is 1. The maximum Gasteiger partial charge on any atom is 0.136 e. The Bertz CT molecular complexity index is 388. The molecule has 0 spiro atoms. The first-order valence-electron chi connectivity index (χ1n) is 7.08. The van der Waals surface area contributed by atoms with Gasteiger partial charge in [0.15, 0.2) is 0 Å². The summed E-state index contributed by atoms with van der Waals surface area (Å²) in [5.74, 6) is 0.958. The van der Waals surface area contributed by atoms with Crippen LogP contribution in [-0.4, -0.2) is 48.6 Å². The van der Waals surface area contributed by atoms with Gasteiger partial charge in [0.2, 0.25) is 0 Å². The molecule has 108 valence electrons. The summed E-state index contributed by atoms with van der Waals surface area (Å²) in [6.45, 7) is 9.49. The summed E-state index contributed by atoms with van der Waals surface area (Å²) in [6, 6.07) is 2.80. The summed E-state index contributed by atoms with van der Waals surface area (Å²) in [6.07, 6.45) is 2.93. The van der Waals surface area contributed by atoms with Crippen LogP contribution in [0.25, 0.3) is 0 Å². The van der Waals surface area contributed by atoms with Crippen LogP contribution in [0.1, 0.15) is 32.1 Å². The number of furan rings is 1. The fraction of sp³-hybridized carbons (Fsp3) is 0.714. The van der Waals surface area contributed by atoms with E-state index in [0.717, 1.165) is 36.4 Å². The first-order chi connectivity index (χ1) is 9.17. The van der Waals surface area contributed by atoms with Crippen molar-refractivity contribution >= 4 is 15.9 Å². The van der Waals surface area contributed by atoms with E-state index in [4.69, 9.17) is 10.2 Å². The zero-order valence-corrected chi connectivity index (χ0v) is 13.4. The molecule has 2 atom stereocenters. The lowest BCUT2D eigenvalue weighted by atomic mass is 10.1. The highest BCUT2D eigenvalue weighted by Crippen LogP contribution is 2.29. The van der Waals surface area contributed by atoms with Crippen molar-refractivity contribution in [1.29, 1.82) is 0 Å². The lowest BCUT2D eigenvalue weighted by Gasteiger charge is -2.40. The Morgan fingerprint density at radius 1 is 1.32 bits per heavy atom. The van der Waals surface area contributed by atoms with Crippen LogP contribution in [0.15, 0.2) is 21.2 Å². The van der Waals surface area contributed by atoms with Crippen molar-refractivity contribution in [2.75, 3.05) is 32.7 Å². The zero-order chi connectivity index (χ0) is 13.8. The maximum atomic E-state index is 5.95. The van der Waals surface area contributed by atoms with E-state index in [2.05, 4.69) is 39.6 Å². The highest BCUT2D eigenvalue weighted by atomic mass is 79.9. The van der Waals surface area contributed by atoms with Gasteiger partial charge in [-0.25, -0.2) is 0 Å². The average molecular weight is 330 g/mol. The molecule has 0 aromatic carbocycles. The third-order valence-electron chi connectivity index (χ3n) is 4.17. The normalized spacial score (nSPS) is 21.5. The van der Waals surface area contributed by atoms with Crippen molar-refractivity contribution < 1.29 is 4.42 Å². The van der Waals surface area contributed by atoms with Gasteiger partial charge < -0.3 is 10.2 Å². The van der Waals surface area contributed by atoms with Crippen LogP contribution >= 0.6 is 15.9 Å². The minimum absolute atomic E-state index is 0.184. The van der Waals surface area contributed by atoms with E-state index in [1.165, 1.54) is 6.42 Å². The Morgan fingerprint density at radius 2 is 1.95 bits per heavy atom. The van der Waals surface area contributed by atoms with Crippen molar-refractivity contribution in [1.82, 2.24) is 9.80 Å². The molecule has 2 rings (SSSR count). The Kier molecular flexibility index (Phi) is 5.45. The minimum Gasteiger partial charge on any atom is -0.466 e. The molecule has 0 bridgehead atoms. The van der Waals surface area contributed by atoms with E-state index < -0.39 is 0 Å². The Balaban J connectivity index is 1.98. The number of hydrogen-bond acceptors (Lipinski definition) is 4. The first-order valence-corrected chi connectivity index (χ1v) is 7.87. The van der Waals surface area contributed by atoms with Crippen LogP contribution in [0, 0.1) is 0 Å². The summed E-state index contributed by atoms with van der Waals surface area (Å²) in [7, 11) is 0. The van der Waals surface area contributed by atoms with Crippen LogP contribution in [0.5, 0.6) is 0 Å². The molecule has 1 aromatic rings. The topological polar surface area (TPSA) is 45.6 Å². The molecule has 1 aromatic heterocycles. The molecule has 1 fully saturated rings. The second-order valence-electron chi connectivity index (χ2n) is 5.21. The minimum atomic E-state index is 0.184. The first kappa shape index (κ1) is 15.0. The lowest BCUT2D eigenvalue weighted by molar-refractivity contribution is 0.0673. The summed E-state index contributed by atoms with van der Waals surface area (Å²) in [5.41, 5.74) is 5.95. The second-order valence-corrected chi connectivity index (χ2v) is 6.07. The molecule has 2 unspecified atom stereocenters. The summed E-state index contributed by atoms with van der Waals surface area (Å²) < 4.78 is 6.60. The monoisotopic (exact) mass is 329 g/mol. The van der Waals surface area contributed by atoms with Crippen molar-refractivity contribution in [3.63, 3.8) is 0 Å². The van der Waals surface area contributed by atoms with Gasteiger partial charge in [-0.1, -0.05) is 6.92 Å². The molecule has 4 nitrogen and oxygen atoms in total. The highest BCUT2D eigenvalue weighted by molar-refractivity contribution is 9.10. The van der Waals surface area contributed by atoms with E-state index in [1.54, 1.807) is 6.26 Å². The average Bonchev–Trinajstić information content (AvgIpc) is 2.86. The van der Waals surface area contributed by atoms with Crippen molar-refractivity contribution in [2.24, 2.45) is 5.73 Å². The number of rotatable bonds is 5. The standard InChI is InChI=1S/C14H24BrN3O/c1-3-11(2)17-5-7-18(8-6-17)13(10-16)14-12(15)4-9-19-14/h4,9,11,13H,3,5-8,10,16H2,1-2H3. The molecule has 5 heteroatoms. The van der Waals surface area contributed by atoms with Crippen molar-refractivity contribution in [3.05, 3.63) is 22.6 Å². The lowest BCUT2D eigenvalue weighted by Crippen LogP contribution is -2.51. The van der Waals surface area contributed by atoms with Gasteiger partial charge in [-0.05, 0) is 35.3 Å². The maximum absolute atomic E-state index is 5.95. The number of hydrogen-bond donors (Lipinski definition) is 1. The predicted octanol–water partition coefficient (Wildman–Crippen LogP) is 2.46. The van der Waals surface area contributed by atoms with Gasteiger partial charge in [-0.2, -0.15) is 0 Å². The van der Waals surface area contributed by atoms with Gasteiger partial charge in [0.25, 0.3) is 0 Å². The molecule has 2 N–H and O–H groups in total. The number of nitrogens with two attached hydrogens (primary N) is 1. The molecule has 0 aliphatic carbocycles. The van der Waals surface area contributed by atoms with Crippen LogP contribution in [0.3, 0.4) is 0 Å². The van der Waals surface area contributed by atoms with Gasteiger partial charge >= 0.3 is 0 Å². The highest BCUT2D eigenvalue weighted by Gasteiger charge is 2.28. The van der Waals surface area contributed by atoms with E-state index in [9.17, 15) is 0 Å². The molecule has 19 heavy (non-hydrogen) atoms. The summed E-state index contributed by atoms with van der Waals surface area (Å²) >= 11 is 3.53. The van der Waals surface area contributed by atoms with Crippen LogP contribution in [0.2, 0.25) is 0 Å². The van der Waals surface area contributed by atoms with Gasteiger partial charge in [0.05, 0.1) is 16.8 Å². The molecule has 0 amide bonds. The van der Waals surface area contributed by atoms with E-state index in [1.807, 2.05) is 6.07 Å². The van der Waals surface area contributed by atoms with Gasteiger partial charge in [0, 0.05) is 38.8 Å². The van der Waals surface area contributed by atoms with Gasteiger partial charge in [-0.15, -0.1) is 0 Å². The number of piperazine rings is 1. The molecular formula is C14H24BrN3O. The fourth-order valence-electron chi connectivity index (χ4n) is 2.71. The number of nitrogens with zero attached hydrogens (tertiary/aromatic N) is 2. The van der Waals surface area contributed by atoms with Gasteiger partial charge in [-0.3, -0.25) is 9.80 Å². The van der Waals surface area contributed by atoms with E-state index in [0.29, 0.717) is 12.6 Å². The summed E-state index contributed by atoms with van der Waals surface area (Å²) in [5, 5.41) is 0. The third kappa shape index (κ3) is 3.40. The Hall–Kier alpha value is -0.360. The molecule has 1 aliphatic rings. The predicted molar refractivity (Wildman–Crippen MR) is 81.1 cm³/mol. The SMILES string of the molecule is CCC(C)N1CCN(C(CN)c2occc2Br)CC1. The second kappa shape index (κ2) is 6.88. The molecule has 0 saturated carbocycles. The Morgan fingerprint density at radius 3 is 2.42 bits per heavy atom. The molecular weight excluding hydrogens is 306 g/mol. The van der Waals surface area contributed by atoms with Gasteiger partial charge in [0.1, 0.15) is 5.76 Å². The quantitative estimate of drug-likeness (QED) is 0.901. The smallest absolute Gasteiger partial charge is 0.136 e. The molecule has 1 aliphatic heterocycles. The third-order valence-corrected chi connectivity index (χ3v) is 4.83. The zero-order valence-electron chi connectivity index (χ0n) is 11.8. The molecule has 0 radical (unpaired) electrons.